The molecule has 1 atom stereocenters. The van der Waals surface area contributed by atoms with Crippen molar-refractivity contribution >= 4 is 11.9 Å². The second-order valence-corrected chi connectivity index (χ2v) is 5.26. The van der Waals surface area contributed by atoms with E-state index in [0.717, 1.165) is 0 Å². The predicted octanol–water partition coefficient (Wildman–Crippen LogP) is 0.889. The van der Waals surface area contributed by atoms with E-state index in [9.17, 15) is 9.59 Å². The van der Waals surface area contributed by atoms with Gasteiger partial charge in [0.05, 0.1) is 6.33 Å². The molecule has 0 aliphatic heterocycles. The van der Waals surface area contributed by atoms with Gasteiger partial charge in [-0.05, 0) is 5.41 Å². The van der Waals surface area contributed by atoms with Crippen molar-refractivity contribution in [3.05, 3.63) is 18.7 Å². The molecule has 0 fully saturated rings. The Labute approximate surface area is 106 Å². The van der Waals surface area contributed by atoms with Gasteiger partial charge in [0.15, 0.2) is 0 Å². The molecule has 0 saturated heterocycles. The Morgan fingerprint density at radius 3 is 2.56 bits per heavy atom. The summed E-state index contributed by atoms with van der Waals surface area (Å²) in [6, 6.07) is -0.882. The molecule has 1 aromatic heterocycles. The number of hydrogen-bond donors (Lipinski definition) is 2. The van der Waals surface area contributed by atoms with Gasteiger partial charge in [-0.2, -0.15) is 0 Å². The lowest BCUT2D eigenvalue weighted by Gasteiger charge is -2.27. The summed E-state index contributed by atoms with van der Waals surface area (Å²) >= 11 is 0. The standard InChI is InChI=1S/C12H19N3O3/c1-12(2,3)10(11(17)18)14-9(16)4-6-15-7-5-13-8-15/h5,7-8,10H,4,6H2,1-3H3,(H,14,16)(H,17,18). The molecule has 100 valence electrons. The van der Waals surface area contributed by atoms with E-state index < -0.39 is 17.4 Å². The first-order valence-corrected chi connectivity index (χ1v) is 5.78. The van der Waals surface area contributed by atoms with Gasteiger partial charge in [-0.1, -0.05) is 20.8 Å². The van der Waals surface area contributed by atoms with Crippen LogP contribution in [0.25, 0.3) is 0 Å². The van der Waals surface area contributed by atoms with Crippen molar-refractivity contribution in [1.29, 1.82) is 0 Å². The van der Waals surface area contributed by atoms with Crippen LogP contribution in [0.2, 0.25) is 0 Å². The Morgan fingerprint density at radius 2 is 2.11 bits per heavy atom. The Morgan fingerprint density at radius 1 is 1.44 bits per heavy atom. The summed E-state index contributed by atoms with van der Waals surface area (Å²) in [4.78, 5) is 26.6. The number of nitrogens with zero attached hydrogens (tertiary/aromatic N) is 2. The van der Waals surface area contributed by atoms with Crippen LogP contribution < -0.4 is 5.32 Å². The lowest BCUT2D eigenvalue weighted by atomic mass is 9.86. The van der Waals surface area contributed by atoms with Crippen LogP contribution in [0, 0.1) is 5.41 Å². The number of aromatic nitrogens is 2. The van der Waals surface area contributed by atoms with Gasteiger partial charge in [0.25, 0.3) is 0 Å². The number of carboxylic acid groups (broad SMARTS) is 1. The first kappa shape index (κ1) is 14.2. The van der Waals surface area contributed by atoms with E-state index in [-0.39, 0.29) is 12.3 Å². The highest BCUT2D eigenvalue weighted by Gasteiger charge is 2.32. The molecule has 1 heterocycles. The number of hydrogen-bond acceptors (Lipinski definition) is 3. The average molecular weight is 253 g/mol. The van der Waals surface area contributed by atoms with Gasteiger partial charge in [-0.25, -0.2) is 9.78 Å². The second kappa shape index (κ2) is 5.66. The normalized spacial score (nSPS) is 13.1. The molecule has 1 amide bonds. The summed E-state index contributed by atoms with van der Waals surface area (Å²) in [7, 11) is 0. The summed E-state index contributed by atoms with van der Waals surface area (Å²) in [5, 5.41) is 11.6. The number of imidazole rings is 1. The average Bonchev–Trinajstić information content (AvgIpc) is 2.73. The molecule has 1 aromatic rings. The maximum atomic E-state index is 11.7. The molecule has 0 spiro atoms. The number of rotatable bonds is 5. The SMILES string of the molecule is CC(C)(C)C(NC(=O)CCn1ccnc1)C(=O)O. The van der Waals surface area contributed by atoms with Crippen LogP contribution in [0.4, 0.5) is 0 Å². The van der Waals surface area contributed by atoms with Crippen molar-refractivity contribution in [2.24, 2.45) is 5.41 Å². The van der Waals surface area contributed by atoms with Gasteiger partial charge in [-0.15, -0.1) is 0 Å². The molecule has 18 heavy (non-hydrogen) atoms. The summed E-state index contributed by atoms with van der Waals surface area (Å²) in [5.41, 5.74) is -0.517. The van der Waals surface area contributed by atoms with Crippen molar-refractivity contribution in [1.82, 2.24) is 14.9 Å². The molecule has 0 radical (unpaired) electrons. The van der Waals surface area contributed by atoms with Crippen molar-refractivity contribution in [2.75, 3.05) is 0 Å². The Kier molecular flexibility index (Phi) is 4.47. The zero-order valence-corrected chi connectivity index (χ0v) is 10.9. The molecule has 1 unspecified atom stereocenters. The van der Waals surface area contributed by atoms with Crippen LogP contribution >= 0.6 is 0 Å². The van der Waals surface area contributed by atoms with Gasteiger partial charge < -0.3 is 15.0 Å². The summed E-state index contributed by atoms with van der Waals surface area (Å²) in [6.45, 7) is 5.83. The summed E-state index contributed by atoms with van der Waals surface area (Å²) in [5.74, 6) is -1.29. The third kappa shape index (κ3) is 4.20. The van der Waals surface area contributed by atoms with Crippen LogP contribution in [-0.4, -0.2) is 32.6 Å². The molecule has 0 aliphatic carbocycles. The molecule has 2 N–H and O–H groups in total. The number of carboxylic acids is 1. The maximum absolute atomic E-state index is 11.7. The minimum Gasteiger partial charge on any atom is -0.480 e. The number of aliphatic carboxylic acids is 1. The number of amides is 1. The van der Waals surface area contributed by atoms with E-state index in [1.54, 1.807) is 44.1 Å². The fourth-order valence-corrected chi connectivity index (χ4v) is 1.53. The lowest BCUT2D eigenvalue weighted by molar-refractivity contribution is -0.145. The van der Waals surface area contributed by atoms with Gasteiger partial charge in [0.1, 0.15) is 6.04 Å². The minimum atomic E-state index is -1.02. The van der Waals surface area contributed by atoms with E-state index in [4.69, 9.17) is 5.11 Å². The third-order valence-corrected chi connectivity index (χ3v) is 2.57. The Hall–Kier alpha value is -1.85. The molecule has 0 aromatic carbocycles. The van der Waals surface area contributed by atoms with Crippen LogP contribution in [0.5, 0.6) is 0 Å². The van der Waals surface area contributed by atoms with Gasteiger partial charge in [0.2, 0.25) is 5.91 Å². The molecule has 0 bridgehead atoms. The highest BCUT2D eigenvalue weighted by atomic mass is 16.4. The van der Waals surface area contributed by atoms with Gasteiger partial charge in [0, 0.05) is 25.4 Å². The van der Waals surface area contributed by atoms with E-state index in [1.165, 1.54) is 0 Å². The first-order chi connectivity index (χ1) is 8.30. The Bertz CT molecular complexity index is 407. The van der Waals surface area contributed by atoms with Crippen LogP contribution in [0.15, 0.2) is 18.7 Å². The lowest BCUT2D eigenvalue weighted by Crippen LogP contribution is -2.49. The van der Waals surface area contributed by atoms with E-state index in [0.29, 0.717) is 6.54 Å². The highest BCUT2D eigenvalue weighted by Crippen LogP contribution is 2.19. The number of nitrogens with one attached hydrogen (secondary N) is 1. The van der Waals surface area contributed by atoms with Crippen LogP contribution in [-0.2, 0) is 16.1 Å². The van der Waals surface area contributed by atoms with Gasteiger partial charge >= 0.3 is 5.97 Å². The summed E-state index contributed by atoms with van der Waals surface area (Å²) in [6.07, 6.45) is 5.24. The molecule has 0 saturated carbocycles. The maximum Gasteiger partial charge on any atom is 0.326 e. The molecule has 0 aliphatic rings. The molecule has 6 heteroatoms. The minimum absolute atomic E-state index is 0.232. The predicted molar refractivity (Wildman–Crippen MR) is 65.9 cm³/mol. The third-order valence-electron chi connectivity index (χ3n) is 2.57. The van der Waals surface area contributed by atoms with Crippen LogP contribution in [0.1, 0.15) is 27.2 Å². The van der Waals surface area contributed by atoms with Crippen molar-refractivity contribution < 1.29 is 14.7 Å². The van der Waals surface area contributed by atoms with Crippen molar-refractivity contribution in [2.45, 2.75) is 39.8 Å². The quantitative estimate of drug-likeness (QED) is 0.816. The van der Waals surface area contributed by atoms with Crippen LogP contribution in [0.3, 0.4) is 0 Å². The molecular formula is C12H19N3O3. The first-order valence-electron chi connectivity index (χ1n) is 5.78. The zero-order valence-electron chi connectivity index (χ0n) is 10.9. The monoisotopic (exact) mass is 253 g/mol. The Balaban J connectivity index is 2.49. The number of carbonyl (C=O) groups excluding carboxylic acids is 1. The summed E-state index contributed by atoms with van der Waals surface area (Å²) < 4.78 is 1.77. The zero-order chi connectivity index (χ0) is 13.8. The number of carbonyl (C=O) groups is 2. The fourth-order valence-electron chi connectivity index (χ4n) is 1.53. The molecule has 6 nitrogen and oxygen atoms in total. The van der Waals surface area contributed by atoms with E-state index in [2.05, 4.69) is 10.3 Å². The molecular weight excluding hydrogens is 234 g/mol. The fraction of sp³-hybridized carbons (Fsp3) is 0.583. The number of aryl methyl sites for hydroxylation is 1. The van der Waals surface area contributed by atoms with Gasteiger partial charge in [-0.3, -0.25) is 4.79 Å². The largest absolute Gasteiger partial charge is 0.480 e. The van der Waals surface area contributed by atoms with E-state index in [1.807, 2.05) is 0 Å². The second-order valence-electron chi connectivity index (χ2n) is 5.26. The highest BCUT2D eigenvalue weighted by molar-refractivity contribution is 5.84. The van der Waals surface area contributed by atoms with Crippen molar-refractivity contribution in [3.8, 4) is 0 Å². The van der Waals surface area contributed by atoms with Crippen molar-refractivity contribution in [3.63, 3.8) is 0 Å². The smallest absolute Gasteiger partial charge is 0.326 e. The molecule has 1 rings (SSSR count). The topological polar surface area (TPSA) is 84.2 Å². The van der Waals surface area contributed by atoms with E-state index >= 15 is 0 Å².